The van der Waals surface area contributed by atoms with Crippen LogP contribution in [0.15, 0.2) is 41.1 Å². The first-order valence-electron chi connectivity index (χ1n) is 7.62. The van der Waals surface area contributed by atoms with Crippen molar-refractivity contribution in [3.8, 4) is 5.75 Å². The Morgan fingerprint density at radius 1 is 1.15 bits per heavy atom. The van der Waals surface area contributed by atoms with E-state index in [4.69, 9.17) is 24.5 Å². The molecule has 10 heteroatoms. The van der Waals surface area contributed by atoms with Crippen LogP contribution in [0.2, 0.25) is 0 Å². The third kappa shape index (κ3) is 8.09. The number of thiophene rings is 1. The van der Waals surface area contributed by atoms with Crippen LogP contribution in [0.5, 0.6) is 5.75 Å². The quantitative estimate of drug-likeness (QED) is 0.635. The summed E-state index contributed by atoms with van der Waals surface area (Å²) in [7, 11) is 1.85. The lowest BCUT2D eigenvalue weighted by Crippen LogP contribution is -2.16. The highest BCUT2D eigenvalue weighted by Crippen LogP contribution is 2.32. The summed E-state index contributed by atoms with van der Waals surface area (Å²) in [6.07, 6.45) is -3.74. The van der Waals surface area contributed by atoms with E-state index in [2.05, 4.69) is 5.32 Å². The van der Waals surface area contributed by atoms with E-state index in [0.717, 1.165) is 30.7 Å². The lowest BCUT2D eigenvalue weighted by atomic mass is 10.1. The van der Waals surface area contributed by atoms with Gasteiger partial charge in [0.1, 0.15) is 11.9 Å². The Morgan fingerprint density at radius 3 is 2.15 bits per heavy atom. The van der Waals surface area contributed by atoms with Crippen molar-refractivity contribution in [1.29, 1.82) is 0 Å². The van der Waals surface area contributed by atoms with Crippen molar-refractivity contribution in [2.75, 3.05) is 13.6 Å². The number of aliphatic carboxylic acids is 2. The number of ether oxygens (including phenoxy) is 1. The van der Waals surface area contributed by atoms with Crippen molar-refractivity contribution >= 4 is 23.3 Å². The van der Waals surface area contributed by atoms with Gasteiger partial charge < -0.3 is 20.3 Å². The lowest BCUT2D eigenvalue weighted by molar-refractivity contribution is -0.159. The van der Waals surface area contributed by atoms with Gasteiger partial charge in [0.2, 0.25) is 0 Å². The second-order valence-electron chi connectivity index (χ2n) is 5.19. The van der Waals surface area contributed by atoms with Crippen molar-refractivity contribution in [3.05, 3.63) is 52.2 Å². The van der Waals surface area contributed by atoms with Crippen molar-refractivity contribution < 1.29 is 37.7 Å². The fraction of sp³-hybridized carbons (Fsp3) is 0.294. The Kier molecular flexibility index (Phi) is 8.76. The third-order valence-electron chi connectivity index (χ3n) is 3.21. The number of hydrogen-bond donors (Lipinski definition) is 3. The van der Waals surface area contributed by atoms with Crippen LogP contribution in [0.25, 0.3) is 0 Å². The van der Waals surface area contributed by atoms with Crippen LogP contribution in [0.1, 0.15) is 23.7 Å². The van der Waals surface area contributed by atoms with Gasteiger partial charge in [-0.3, -0.25) is 0 Å². The van der Waals surface area contributed by atoms with E-state index in [1.807, 2.05) is 23.9 Å². The molecule has 0 aliphatic carbocycles. The predicted molar refractivity (Wildman–Crippen MR) is 92.9 cm³/mol. The molecule has 6 nitrogen and oxygen atoms in total. The molecule has 1 unspecified atom stereocenters. The molecule has 0 radical (unpaired) electrons. The fourth-order valence-corrected chi connectivity index (χ4v) is 2.62. The van der Waals surface area contributed by atoms with E-state index in [1.165, 1.54) is 12.1 Å². The van der Waals surface area contributed by atoms with Crippen LogP contribution in [-0.4, -0.2) is 35.7 Å². The highest BCUT2D eigenvalue weighted by atomic mass is 32.1. The van der Waals surface area contributed by atoms with Gasteiger partial charge in [-0.25, -0.2) is 9.59 Å². The Hall–Kier alpha value is -2.59. The van der Waals surface area contributed by atoms with Crippen LogP contribution in [0.3, 0.4) is 0 Å². The molecule has 0 spiro atoms. The van der Waals surface area contributed by atoms with E-state index >= 15 is 0 Å². The number of carboxylic acids is 2. The Bertz CT molecular complexity index is 705. The van der Waals surface area contributed by atoms with Crippen molar-refractivity contribution in [1.82, 2.24) is 5.32 Å². The minimum absolute atomic E-state index is 0.166. The summed E-state index contributed by atoms with van der Waals surface area (Å²) in [6.45, 7) is 0.765. The molecular formula is C17H18F3NO5S. The number of halogens is 3. The minimum Gasteiger partial charge on any atom is -0.486 e. The average Bonchev–Trinajstić information content (AvgIpc) is 3.13. The molecule has 1 aromatic carbocycles. The maximum Gasteiger partial charge on any atom is 0.416 e. The van der Waals surface area contributed by atoms with Gasteiger partial charge in [0.15, 0.2) is 0 Å². The number of rotatable bonds is 6. The number of carboxylic acid groups (broad SMARTS) is 2. The largest absolute Gasteiger partial charge is 0.486 e. The first kappa shape index (κ1) is 22.5. The Labute approximate surface area is 157 Å². The van der Waals surface area contributed by atoms with Crippen LogP contribution >= 0.6 is 11.3 Å². The monoisotopic (exact) mass is 405 g/mol. The van der Waals surface area contributed by atoms with E-state index in [9.17, 15) is 13.2 Å². The van der Waals surface area contributed by atoms with Gasteiger partial charge in [-0.1, -0.05) is 0 Å². The summed E-state index contributed by atoms with van der Waals surface area (Å²) in [5.41, 5.74) is 0.368. The minimum atomic E-state index is -4.32. The molecule has 1 atom stereocenters. The molecule has 0 amide bonds. The van der Waals surface area contributed by atoms with Gasteiger partial charge in [0.25, 0.3) is 0 Å². The number of benzene rings is 1. The van der Waals surface area contributed by atoms with Gasteiger partial charge in [0, 0.05) is 12.0 Å². The summed E-state index contributed by atoms with van der Waals surface area (Å²) in [6, 6.07) is 6.77. The lowest BCUT2D eigenvalue weighted by Gasteiger charge is -2.18. The highest BCUT2D eigenvalue weighted by molar-refractivity contribution is 7.07. The van der Waals surface area contributed by atoms with Crippen molar-refractivity contribution in [3.63, 3.8) is 0 Å². The van der Waals surface area contributed by atoms with E-state index in [1.54, 1.807) is 11.3 Å². The van der Waals surface area contributed by atoms with Crippen LogP contribution in [0, 0.1) is 0 Å². The standard InChI is InChI=1S/C15H16F3NOS.C2H2O4/c1-19-8-6-14(11-7-9-21-10-11)20-13-4-2-12(3-5-13)15(16,17)18;3-1(4)2(5)6/h2-5,7,9-10,14,19H,6,8H2,1H3;(H,3,4)(H,5,6). The molecule has 0 fully saturated rings. The van der Waals surface area contributed by atoms with Crippen molar-refractivity contribution in [2.24, 2.45) is 0 Å². The molecule has 2 rings (SSSR count). The SMILES string of the molecule is CNCCC(Oc1ccc(C(F)(F)F)cc1)c1ccsc1.O=C(O)C(=O)O. The average molecular weight is 405 g/mol. The predicted octanol–water partition coefficient (Wildman–Crippen LogP) is 3.65. The van der Waals surface area contributed by atoms with E-state index in [0.29, 0.717) is 5.75 Å². The maximum atomic E-state index is 12.5. The zero-order chi connectivity index (χ0) is 20.4. The van der Waals surface area contributed by atoms with E-state index in [-0.39, 0.29) is 6.10 Å². The number of hydrogen-bond acceptors (Lipinski definition) is 5. The number of alkyl halides is 3. The van der Waals surface area contributed by atoms with Gasteiger partial charge >= 0.3 is 18.1 Å². The van der Waals surface area contributed by atoms with Crippen LogP contribution < -0.4 is 10.1 Å². The zero-order valence-corrected chi connectivity index (χ0v) is 15.0. The van der Waals surface area contributed by atoms with Gasteiger partial charge in [-0.05, 0) is 54.7 Å². The highest BCUT2D eigenvalue weighted by Gasteiger charge is 2.30. The number of nitrogens with one attached hydrogen (secondary N) is 1. The second kappa shape index (κ2) is 10.5. The molecule has 27 heavy (non-hydrogen) atoms. The molecular weight excluding hydrogens is 387 g/mol. The molecule has 0 bridgehead atoms. The summed E-state index contributed by atoms with van der Waals surface area (Å²) >= 11 is 1.57. The summed E-state index contributed by atoms with van der Waals surface area (Å²) in [5.74, 6) is -3.21. The molecule has 1 heterocycles. The smallest absolute Gasteiger partial charge is 0.416 e. The molecule has 0 aliphatic rings. The first-order chi connectivity index (χ1) is 12.6. The normalized spacial score (nSPS) is 11.9. The zero-order valence-electron chi connectivity index (χ0n) is 14.2. The Morgan fingerprint density at radius 2 is 1.74 bits per heavy atom. The molecule has 0 saturated carbocycles. The Balaban J connectivity index is 0.000000527. The number of carbonyl (C=O) groups is 2. The fourth-order valence-electron chi connectivity index (χ4n) is 1.91. The van der Waals surface area contributed by atoms with Gasteiger partial charge in [-0.2, -0.15) is 24.5 Å². The molecule has 3 N–H and O–H groups in total. The van der Waals surface area contributed by atoms with E-state index < -0.39 is 23.7 Å². The summed E-state index contributed by atoms with van der Waals surface area (Å²) in [5, 5.41) is 21.8. The summed E-state index contributed by atoms with van der Waals surface area (Å²) in [4.78, 5) is 18.2. The van der Waals surface area contributed by atoms with Crippen LogP contribution in [-0.2, 0) is 15.8 Å². The second-order valence-corrected chi connectivity index (χ2v) is 5.97. The summed E-state index contributed by atoms with van der Waals surface area (Å²) < 4.78 is 43.4. The van der Waals surface area contributed by atoms with Gasteiger partial charge in [-0.15, -0.1) is 0 Å². The maximum absolute atomic E-state index is 12.5. The first-order valence-corrected chi connectivity index (χ1v) is 8.56. The molecule has 0 saturated heterocycles. The molecule has 148 valence electrons. The molecule has 1 aromatic heterocycles. The third-order valence-corrected chi connectivity index (χ3v) is 3.92. The topological polar surface area (TPSA) is 95.9 Å². The van der Waals surface area contributed by atoms with Crippen LogP contribution in [0.4, 0.5) is 13.2 Å². The van der Waals surface area contributed by atoms with Gasteiger partial charge in [0.05, 0.1) is 5.56 Å². The van der Waals surface area contributed by atoms with Crippen molar-refractivity contribution in [2.45, 2.75) is 18.7 Å². The molecule has 2 aromatic rings. The molecule has 0 aliphatic heterocycles.